The van der Waals surface area contributed by atoms with Crippen molar-refractivity contribution < 1.29 is 0 Å². The van der Waals surface area contributed by atoms with Crippen molar-refractivity contribution in [3.63, 3.8) is 0 Å². The first-order valence-electron chi connectivity index (χ1n) is 4.81. The van der Waals surface area contributed by atoms with Crippen molar-refractivity contribution in [2.45, 2.75) is 38.3 Å². The van der Waals surface area contributed by atoms with Gasteiger partial charge in [-0.2, -0.15) is 0 Å². The van der Waals surface area contributed by atoms with E-state index in [0.717, 1.165) is 6.04 Å². The highest BCUT2D eigenvalue weighted by Crippen LogP contribution is 2.40. The zero-order valence-corrected chi connectivity index (χ0v) is 10.0. The fourth-order valence-corrected chi connectivity index (χ4v) is 3.18. The van der Waals surface area contributed by atoms with Crippen LogP contribution >= 0.6 is 22.9 Å². The predicted molar refractivity (Wildman–Crippen MR) is 59.4 cm³/mol. The minimum Gasteiger partial charge on any atom is -0.297 e. The summed E-state index contributed by atoms with van der Waals surface area (Å²) in [6.45, 7) is 8.48. The summed E-state index contributed by atoms with van der Waals surface area (Å²) in [6, 6.07) is 0.737. The maximum absolute atomic E-state index is 2.57. The summed E-state index contributed by atoms with van der Waals surface area (Å²) in [5.74, 6) is 0. The lowest BCUT2D eigenvalue weighted by Crippen LogP contribution is -2.66. The molecule has 1 spiro atoms. The zero-order valence-electron chi connectivity index (χ0n) is 7.89. The van der Waals surface area contributed by atoms with Gasteiger partial charge in [0.05, 0.1) is 5.54 Å². The first-order valence-corrected chi connectivity index (χ1v) is 5.78. The molecule has 0 unspecified atom stereocenters. The van der Waals surface area contributed by atoms with E-state index in [9.17, 15) is 0 Å². The van der Waals surface area contributed by atoms with Crippen molar-refractivity contribution in [2.75, 3.05) is 19.6 Å². The second-order valence-electron chi connectivity index (χ2n) is 4.41. The number of rotatable bonds is 1. The lowest BCUT2D eigenvalue weighted by Gasteiger charge is -2.52. The third-order valence-electron chi connectivity index (χ3n) is 3.24. The van der Waals surface area contributed by atoms with Crippen LogP contribution in [-0.4, -0.2) is 39.2 Å². The van der Waals surface area contributed by atoms with Crippen molar-refractivity contribution in [1.82, 2.24) is 8.01 Å². The molecular formula is C9H17IN2. The summed E-state index contributed by atoms with van der Waals surface area (Å²) < 4.78 is 2.53. The van der Waals surface area contributed by atoms with Gasteiger partial charge in [-0.1, -0.05) is 0 Å². The Labute approximate surface area is 88.8 Å². The van der Waals surface area contributed by atoms with Gasteiger partial charge in [0, 0.05) is 48.5 Å². The number of halogens is 1. The standard InChI is InChI=1S/C9H17IN2/c1-8(2)11-6-9(7-11)4-3-5-12(9)10/h8H,3-7H2,1-2H3. The Morgan fingerprint density at radius 2 is 2.00 bits per heavy atom. The van der Waals surface area contributed by atoms with E-state index in [4.69, 9.17) is 0 Å². The van der Waals surface area contributed by atoms with Gasteiger partial charge in [0.2, 0.25) is 0 Å². The highest BCUT2D eigenvalue weighted by molar-refractivity contribution is 14.1. The van der Waals surface area contributed by atoms with Crippen LogP contribution in [0.4, 0.5) is 0 Å². The molecule has 2 fully saturated rings. The highest BCUT2D eigenvalue weighted by Gasteiger charge is 2.49. The Morgan fingerprint density at radius 1 is 1.33 bits per heavy atom. The summed E-state index contributed by atoms with van der Waals surface area (Å²) in [5.41, 5.74) is 0.574. The molecular weight excluding hydrogens is 263 g/mol. The van der Waals surface area contributed by atoms with Gasteiger partial charge in [-0.05, 0) is 26.7 Å². The molecule has 12 heavy (non-hydrogen) atoms. The molecule has 2 nitrogen and oxygen atoms in total. The zero-order chi connectivity index (χ0) is 8.77. The first-order chi connectivity index (χ1) is 5.64. The van der Waals surface area contributed by atoms with Crippen molar-refractivity contribution in [1.29, 1.82) is 0 Å². The van der Waals surface area contributed by atoms with E-state index in [1.54, 1.807) is 0 Å². The maximum atomic E-state index is 2.57. The van der Waals surface area contributed by atoms with Gasteiger partial charge in [0.15, 0.2) is 0 Å². The van der Waals surface area contributed by atoms with E-state index >= 15 is 0 Å². The quantitative estimate of drug-likeness (QED) is 0.534. The molecule has 0 aliphatic carbocycles. The summed E-state index contributed by atoms with van der Waals surface area (Å²) in [6.07, 6.45) is 2.81. The smallest absolute Gasteiger partial charge is 0.0559 e. The molecule has 2 rings (SSSR count). The van der Waals surface area contributed by atoms with Crippen LogP contribution in [-0.2, 0) is 0 Å². The SMILES string of the molecule is CC(C)N1CC2(CCCN2I)C1. The molecule has 0 N–H and O–H groups in total. The van der Waals surface area contributed by atoms with E-state index in [0.29, 0.717) is 5.54 Å². The van der Waals surface area contributed by atoms with Crippen LogP contribution < -0.4 is 0 Å². The summed E-state index contributed by atoms with van der Waals surface area (Å²) >= 11 is 2.50. The molecule has 70 valence electrons. The Hall–Kier alpha value is 0.650. The van der Waals surface area contributed by atoms with Crippen LogP contribution in [0.15, 0.2) is 0 Å². The Morgan fingerprint density at radius 3 is 2.42 bits per heavy atom. The fourth-order valence-electron chi connectivity index (χ4n) is 2.29. The summed E-state index contributed by atoms with van der Waals surface area (Å²) in [7, 11) is 0. The van der Waals surface area contributed by atoms with Gasteiger partial charge in [0.25, 0.3) is 0 Å². The molecule has 0 aromatic heterocycles. The van der Waals surface area contributed by atoms with Gasteiger partial charge < -0.3 is 0 Å². The van der Waals surface area contributed by atoms with Crippen LogP contribution in [0.25, 0.3) is 0 Å². The van der Waals surface area contributed by atoms with Gasteiger partial charge in [-0.3, -0.25) is 4.90 Å². The molecule has 3 heteroatoms. The Bertz CT molecular complexity index is 175. The van der Waals surface area contributed by atoms with Crippen molar-refractivity contribution >= 4 is 22.9 Å². The third kappa shape index (κ3) is 1.30. The number of hydrogen-bond donors (Lipinski definition) is 0. The topological polar surface area (TPSA) is 6.48 Å². The Kier molecular flexibility index (Phi) is 2.38. The van der Waals surface area contributed by atoms with E-state index in [2.05, 4.69) is 44.7 Å². The molecule has 0 aromatic rings. The molecule has 2 saturated heterocycles. The molecule has 2 aliphatic rings. The molecule has 0 amide bonds. The van der Waals surface area contributed by atoms with Crippen molar-refractivity contribution in [3.8, 4) is 0 Å². The van der Waals surface area contributed by atoms with Gasteiger partial charge in [-0.25, -0.2) is 3.11 Å². The van der Waals surface area contributed by atoms with Gasteiger partial charge in [-0.15, -0.1) is 0 Å². The maximum Gasteiger partial charge on any atom is 0.0559 e. The molecule has 2 heterocycles. The number of nitrogens with zero attached hydrogens (tertiary/aromatic N) is 2. The van der Waals surface area contributed by atoms with Gasteiger partial charge >= 0.3 is 0 Å². The number of likely N-dealkylation sites (tertiary alicyclic amines) is 1. The van der Waals surface area contributed by atoms with E-state index < -0.39 is 0 Å². The molecule has 0 saturated carbocycles. The van der Waals surface area contributed by atoms with Crippen molar-refractivity contribution in [3.05, 3.63) is 0 Å². The van der Waals surface area contributed by atoms with Crippen LogP contribution in [0.3, 0.4) is 0 Å². The highest BCUT2D eigenvalue weighted by atomic mass is 127. The average Bonchev–Trinajstić information content (AvgIpc) is 2.26. The van der Waals surface area contributed by atoms with E-state index in [1.807, 2.05) is 0 Å². The second-order valence-corrected chi connectivity index (χ2v) is 5.58. The predicted octanol–water partition coefficient (Wildman–Crippen LogP) is 1.90. The van der Waals surface area contributed by atoms with E-state index in [-0.39, 0.29) is 0 Å². The Balaban J connectivity index is 1.93. The van der Waals surface area contributed by atoms with Crippen LogP contribution in [0, 0.1) is 0 Å². The average molecular weight is 280 g/mol. The molecule has 2 aliphatic heterocycles. The van der Waals surface area contributed by atoms with Gasteiger partial charge in [0.1, 0.15) is 0 Å². The van der Waals surface area contributed by atoms with Crippen LogP contribution in [0.5, 0.6) is 0 Å². The minimum atomic E-state index is 0.574. The van der Waals surface area contributed by atoms with Crippen LogP contribution in [0.2, 0.25) is 0 Å². The lowest BCUT2D eigenvalue weighted by molar-refractivity contribution is 0.000158. The largest absolute Gasteiger partial charge is 0.297 e. The number of hydrogen-bond acceptors (Lipinski definition) is 2. The monoisotopic (exact) mass is 280 g/mol. The second kappa shape index (κ2) is 3.10. The normalized spacial score (nSPS) is 30.0. The van der Waals surface area contributed by atoms with Crippen LogP contribution in [0.1, 0.15) is 26.7 Å². The molecule has 0 bridgehead atoms. The fraction of sp³-hybridized carbons (Fsp3) is 1.00. The minimum absolute atomic E-state index is 0.574. The van der Waals surface area contributed by atoms with Crippen molar-refractivity contribution in [2.24, 2.45) is 0 Å². The first kappa shape index (κ1) is 9.21. The van der Waals surface area contributed by atoms with E-state index in [1.165, 1.54) is 32.5 Å². The molecule has 0 atom stereocenters. The third-order valence-corrected chi connectivity index (χ3v) is 4.74. The summed E-state index contributed by atoms with van der Waals surface area (Å²) in [5, 5.41) is 0. The molecule has 0 radical (unpaired) electrons. The molecule has 0 aromatic carbocycles. The lowest BCUT2D eigenvalue weighted by atomic mass is 9.87. The summed E-state index contributed by atoms with van der Waals surface area (Å²) in [4.78, 5) is 2.57.